The van der Waals surface area contributed by atoms with E-state index in [0.29, 0.717) is 5.92 Å². The molecule has 14 heavy (non-hydrogen) atoms. The van der Waals surface area contributed by atoms with Gasteiger partial charge < -0.3 is 0 Å². The third-order valence-corrected chi connectivity index (χ3v) is 2.66. The summed E-state index contributed by atoms with van der Waals surface area (Å²) in [5.74, 6) is 0.568. The predicted octanol–water partition coefficient (Wildman–Crippen LogP) is 3.33. The number of benzene rings is 1. The van der Waals surface area contributed by atoms with Gasteiger partial charge in [0.1, 0.15) is 6.29 Å². The molecule has 2 rings (SSSR count). The Bertz CT molecular complexity index is 378. The molecule has 1 aromatic carbocycles. The second-order valence-electron chi connectivity index (χ2n) is 3.54. The number of halogens is 1. The zero-order valence-electron chi connectivity index (χ0n) is 7.74. The lowest BCUT2D eigenvalue weighted by atomic mass is 10.0. The lowest BCUT2D eigenvalue weighted by molar-refractivity contribution is -0.104. The first-order valence-corrected chi connectivity index (χ1v) is 5.10. The minimum atomic E-state index is 0.568. The van der Waals surface area contributed by atoms with Crippen LogP contribution in [0.15, 0.2) is 30.3 Å². The third kappa shape index (κ3) is 2.05. The van der Waals surface area contributed by atoms with Gasteiger partial charge >= 0.3 is 0 Å². The number of carbonyl (C=O) groups is 1. The number of hydrogen-bond acceptors (Lipinski definition) is 1. The molecule has 0 heterocycles. The molecule has 0 amide bonds. The molecule has 1 aromatic rings. The number of allylic oxidation sites excluding steroid dienone is 2. The summed E-state index contributed by atoms with van der Waals surface area (Å²) in [7, 11) is 0. The van der Waals surface area contributed by atoms with Crippen LogP contribution in [0.25, 0.3) is 5.57 Å². The van der Waals surface area contributed by atoms with Gasteiger partial charge in [-0.25, -0.2) is 0 Å². The van der Waals surface area contributed by atoms with Crippen molar-refractivity contribution in [2.24, 2.45) is 5.92 Å². The Kier molecular flexibility index (Phi) is 2.69. The number of carbonyl (C=O) groups excluding carboxylic acids is 1. The second kappa shape index (κ2) is 3.97. The first-order chi connectivity index (χ1) is 6.81. The van der Waals surface area contributed by atoms with Gasteiger partial charge in [0, 0.05) is 5.02 Å². The number of hydrogen-bond donors (Lipinski definition) is 0. The van der Waals surface area contributed by atoms with Crippen LogP contribution in [-0.4, -0.2) is 6.29 Å². The standard InChI is InChI=1S/C12H11ClO/c13-11-3-1-2-10(8-11)12(6-7-14)9-4-5-9/h1-3,6-9H,4-5H2/b12-6-. The first-order valence-electron chi connectivity index (χ1n) is 4.72. The lowest BCUT2D eigenvalue weighted by Crippen LogP contribution is -1.87. The maximum absolute atomic E-state index is 10.5. The summed E-state index contributed by atoms with van der Waals surface area (Å²) < 4.78 is 0. The fourth-order valence-corrected chi connectivity index (χ4v) is 1.79. The van der Waals surface area contributed by atoms with E-state index >= 15 is 0 Å². The van der Waals surface area contributed by atoms with Crippen molar-refractivity contribution >= 4 is 23.5 Å². The molecular formula is C12H11ClO. The van der Waals surface area contributed by atoms with Crippen molar-refractivity contribution in [1.82, 2.24) is 0 Å². The van der Waals surface area contributed by atoms with Crippen molar-refractivity contribution in [2.75, 3.05) is 0 Å². The highest BCUT2D eigenvalue weighted by molar-refractivity contribution is 6.30. The van der Waals surface area contributed by atoms with E-state index in [1.165, 1.54) is 12.8 Å². The molecule has 72 valence electrons. The molecule has 1 aliphatic carbocycles. The van der Waals surface area contributed by atoms with Crippen molar-refractivity contribution < 1.29 is 4.79 Å². The average Bonchev–Trinajstić information content (AvgIpc) is 2.97. The smallest absolute Gasteiger partial charge is 0.143 e. The summed E-state index contributed by atoms with van der Waals surface area (Å²) in [5.41, 5.74) is 2.20. The van der Waals surface area contributed by atoms with Crippen molar-refractivity contribution in [3.63, 3.8) is 0 Å². The number of rotatable bonds is 3. The average molecular weight is 207 g/mol. The van der Waals surface area contributed by atoms with E-state index in [-0.39, 0.29) is 0 Å². The Morgan fingerprint density at radius 3 is 2.79 bits per heavy atom. The Hall–Kier alpha value is -1.08. The fourth-order valence-electron chi connectivity index (χ4n) is 1.60. The normalized spacial score (nSPS) is 16.8. The third-order valence-electron chi connectivity index (χ3n) is 2.42. The van der Waals surface area contributed by atoms with Crippen LogP contribution in [0.3, 0.4) is 0 Å². The van der Waals surface area contributed by atoms with E-state index in [9.17, 15) is 4.79 Å². The molecule has 1 saturated carbocycles. The van der Waals surface area contributed by atoms with Crippen LogP contribution in [-0.2, 0) is 4.79 Å². The van der Waals surface area contributed by atoms with E-state index in [0.717, 1.165) is 22.4 Å². The van der Waals surface area contributed by atoms with Crippen LogP contribution in [0.5, 0.6) is 0 Å². The molecule has 0 spiro atoms. The largest absolute Gasteiger partial charge is 0.299 e. The van der Waals surface area contributed by atoms with Gasteiger partial charge in [-0.3, -0.25) is 4.79 Å². The first kappa shape index (κ1) is 9.47. The van der Waals surface area contributed by atoms with Crippen LogP contribution in [0.4, 0.5) is 0 Å². The SMILES string of the molecule is O=C/C=C(\c1cccc(Cl)c1)C1CC1. The monoisotopic (exact) mass is 206 g/mol. The Morgan fingerprint density at radius 1 is 1.43 bits per heavy atom. The van der Waals surface area contributed by atoms with E-state index < -0.39 is 0 Å². The molecule has 0 atom stereocenters. The van der Waals surface area contributed by atoms with E-state index in [4.69, 9.17) is 11.6 Å². The molecule has 0 saturated heterocycles. The van der Waals surface area contributed by atoms with Crippen LogP contribution >= 0.6 is 11.6 Å². The number of aldehydes is 1. The van der Waals surface area contributed by atoms with Gasteiger partial charge in [0.25, 0.3) is 0 Å². The maximum Gasteiger partial charge on any atom is 0.143 e. The van der Waals surface area contributed by atoms with Crippen LogP contribution in [0, 0.1) is 5.92 Å². The second-order valence-corrected chi connectivity index (χ2v) is 3.98. The van der Waals surface area contributed by atoms with Gasteiger partial charge in [-0.1, -0.05) is 23.7 Å². The Balaban J connectivity index is 2.35. The zero-order valence-corrected chi connectivity index (χ0v) is 8.50. The molecule has 1 nitrogen and oxygen atoms in total. The molecule has 0 N–H and O–H groups in total. The quantitative estimate of drug-likeness (QED) is 0.548. The van der Waals surface area contributed by atoms with Gasteiger partial charge in [-0.05, 0) is 48.1 Å². The van der Waals surface area contributed by atoms with Crippen LogP contribution < -0.4 is 0 Å². The highest BCUT2D eigenvalue weighted by atomic mass is 35.5. The molecule has 0 unspecified atom stereocenters. The topological polar surface area (TPSA) is 17.1 Å². The van der Waals surface area contributed by atoms with Gasteiger partial charge in [-0.2, -0.15) is 0 Å². The molecule has 0 bridgehead atoms. The van der Waals surface area contributed by atoms with Crippen molar-refractivity contribution in [3.05, 3.63) is 40.9 Å². The molecule has 1 aliphatic rings. The van der Waals surface area contributed by atoms with Crippen molar-refractivity contribution in [1.29, 1.82) is 0 Å². The summed E-state index contributed by atoms with van der Waals surface area (Å²) in [6.45, 7) is 0. The van der Waals surface area contributed by atoms with Gasteiger partial charge in [-0.15, -0.1) is 0 Å². The molecule has 0 radical (unpaired) electrons. The summed E-state index contributed by atoms with van der Waals surface area (Å²) in [6.07, 6.45) is 4.89. The minimum Gasteiger partial charge on any atom is -0.299 e. The zero-order chi connectivity index (χ0) is 9.97. The molecular weight excluding hydrogens is 196 g/mol. The highest BCUT2D eigenvalue weighted by Gasteiger charge is 2.26. The van der Waals surface area contributed by atoms with E-state index in [1.54, 1.807) is 6.08 Å². The summed E-state index contributed by atoms with van der Waals surface area (Å²) in [5, 5.41) is 0.722. The maximum atomic E-state index is 10.5. The molecule has 0 aliphatic heterocycles. The predicted molar refractivity (Wildman–Crippen MR) is 58.2 cm³/mol. The lowest BCUT2D eigenvalue weighted by Gasteiger charge is -2.04. The van der Waals surface area contributed by atoms with Crippen LogP contribution in [0.2, 0.25) is 5.02 Å². The van der Waals surface area contributed by atoms with Gasteiger partial charge in [0.2, 0.25) is 0 Å². The molecule has 2 heteroatoms. The highest BCUT2D eigenvalue weighted by Crippen LogP contribution is 2.41. The van der Waals surface area contributed by atoms with Gasteiger partial charge in [0.05, 0.1) is 0 Å². The Labute approximate surface area is 88.4 Å². The van der Waals surface area contributed by atoms with E-state index in [2.05, 4.69) is 0 Å². The Morgan fingerprint density at radius 2 is 2.21 bits per heavy atom. The summed E-state index contributed by atoms with van der Waals surface area (Å²) in [6, 6.07) is 7.67. The van der Waals surface area contributed by atoms with Crippen molar-refractivity contribution in [2.45, 2.75) is 12.8 Å². The molecule has 1 fully saturated rings. The van der Waals surface area contributed by atoms with E-state index in [1.807, 2.05) is 24.3 Å². The van der Waals surface area contributed by atoms with Crippen molar-refractivity contribution in [3.8, 4) is 0 Å². The fraction of sp³-hybridized carbons (Fsp3) is 0.250. The summed E-state index contributed by atoms with van der Waals surface area (Å²) in [4.78, 5) is 10.5. The minimum absolute atomic E-state index is 0.568. The van der Waals surface area contributed by atoms with Gasteiger partial charge in [0.15, 0.2) is 0 Å². The molecule has 0 aromatic heterocycles. The van der Waals surface area contributed by atoms with Crippen LogP contribution in [0.1, 0.15) is 18.4 Å². The summed E-state index contributed by atoms with van der Waals surface area (Å²) >= 11 is 5.90.